The molecule has 2 aliphatic rings. The van der Waals surface area contributed by atoms with Gasteiger partial charge in [-0.25, -0.2) is 0 Å². The number of rotatable bonds is 2. The van der Waals surface area contributed by atoms with Crippen LogP contribution in [0.15, 0.2) is 72.2 Å². The van der Waals surface area contributed by atoms with Crippen molar-refractivity contribution in [1.29, 1.82) is 0 Å². The lowest BCUT2D eigenvalue weighted by atomic mass is 10.1. The third kappa shape index (κ3) is 2.72. The zero-order chi connectivity index (χ0) is 12.1. The fourth-order valence-corrected chi connectivity index (χ4v) is 1.72. The lowest BCUT2D eigenvalue weighted by Gasteiger charge is -2.21. The van der Waals surface area contributed by atoms with Crippen molar-refractivity contribution in [3.8, 4) is 0 Å². The van der Waals surface area contributed by atoms with Crippen LogP contribution in [0.1, 0.15) is 6.92 Å². The fraction of sp³-hybridized carbons (Fsp3) is 0.133. The Morgan fingerprint density at radius 2 is 1.82 bits per heavy atom. The van der Waals surface area contributed by atoms with Gasteiger partial charge in [0.15, 0.2) is 5.78 Å². The Kier molecular flexibility index (Phi) is 3.55. The van der Waals surface area contributed by atoms with E-state index in [1.54, 1.807) is 12.2 Å². The molecule has 1 aliphatic heterocycles. The Balaban J connectivity index is 2.20. The number of nitrogens with zero attached hydrogens (tertiary/aromatic N) is 1. The topological polar surface area (TPSA) is 20.3 Å². The summed E-state index contributed by atoms with van der Waals surface area (Å²) in [4.78, 5) is 13.7. The zero-order valence-electron chi connectivity index (χ0n) is 9.84. The molecule has 1 aliphatic carbocycles. The van der Waals surface area contributed by atoms with E-state index in [-0.39, 0.29) is 5.78 Å². The number of hydrogen-bond donors (Lipinski definition) is 0. The number of carbonyl (C=O) groups is 1. The van der Waals surface area contributed by atoms with Gasteiger partial charge in [-0.3, -0.25) is 4.79 Å². The second-order valence-electron chi connectivity index (χ2n) is 3.78. The largest absolute Gasteiger partial charge is 0.348 e. The molecule has 0 spiro atoms. The highest BCUT2D eigenvalue weighted by Crippen LogP contribution is 2.13. The summed E-state index contributed by atoms with van der Waals surface area (Å²) < 4.78 is 0. The van der Waals surface area contributed by atoms with E-state index in [9.17, 15) is 4.79 Å². The van der Waals surface area contributed by atoms with Gasteiger partial charge in [-0.05, 0) is 37.3 Å². The van der Waals surface area contributed by atoms with Gasteiger partial charge in [-0.15, -0.1) is 0 Å². The smallest absolute Gasteiger partial charge is 0.185 e. The average molecular weight is 225 g/mol. The van der Waals surface area contributed by atoms with Crippen LogP contribution in [0.4, 0.5) is 0 Å². The molecule has 0 aromatic rings. The second-order valence-corrected chi connectivity index (χ2v) is 3.78. The summed E-state index contributed by atoms with van der Waals surface area (Å²) in [6.07, 6.45) is 18.9. The molecule has 0 amide bonds. The molecule has 0 aromatic carbocycles. The van der Waals surface area contributed by atoms with Crippen molar-refractivity contribution in [2.75, 3.05) is 6.54 Å². The lowest BCUT2D eigenvalue weighted by molar-refractivity contribution is -0.111. The molecule has 0 saturated carbocycles. The molecule has 0 atom stereocenters. The van der Waals surface area contributed by atoms with Crippen LogP contribution in [0.5, 0.6) is 0 Å². The molecule has 0 N–H and O–H groups in total. The van der Waals surface area contributed by atoms with Crippen molar-refractivity contribution < 1.29 is 4.79 Å². The van der Waals surface area contributed by atoms with Crippen LogP contribution in [0.25, 0.3) is 0 Å². The Bertz CT molecular complexity index is 487. The monoisotopic (exact) mass is 225 g/mol. The van der Waals surface area contributed by atoms with Crippen LogP contribution in [0, 0.1) is 0 Å². The first-order valence-electron chi connectivity index (χ1n) is 5.74. The van der Waals surface area contributed by atoms with Gasteiger partial charge in [0, 0.05) is 24.0 Å². The van der Waals surface area contributed by atoms with Crippen LogP contribution < -0.4 is 0 Å². The van der Waals surface area contributed by atoms with E-state index in [0.717, 1.165) is 17.8 Å². The van der Waals surface area contributed by atoms with Gasteiger partial charge in [0.05, 0.1) is 0 Å². The molecule has 17 heavy (non-hydrogen) atoms. The van der Waals surface area contributed by atoms with Crippen molar-refractivity contribution in [3.63, 3.8) is 0 Å². The van der Waals surface area contributed by atoms with Crippen molar-refractivity contribution in [1.82, 2.24) is 4.90 Å². The zero-order valence-corrected chi connectivity index (χ0v) is 9.84. The van der Waals surface area contributed by atoms with E-state index in [1.807, 2.05) is 48.7 Å². The van der Waals surface area contributed by atoms with E-state index in [4.69, 9.17) is 0 Å². The summed E-state index contributed by atoms with van der Waals surface area (Å²) in [5.41, 5.74) is 1.82. The summed E-state index contributed by atoms with van der Waals surface area (Å²) in [6, 6.07) is 0. The van der Waals surface area contributed by atoms with Crippen molar-refractivity contribution in [2.45, 2.75) is 6.92 Å². The fourth-order valence-electron chi connectivity index (χ4n) is 1.72. The van der Waals surface area contributed by atoms with E-state index >= 15 is 0 Å². The normalized spacial score (nSPS) is 23.1. The van der Waals surface area contributed by atoms with Gasteiger partial charge < -0.3 is 4.90 Å². The third-order valence-corrected chi connectivity index (χ3v) is 2.67. The first-order chi connectivity index (χ1) is 8.31. The quantitative estimate of drug-likeness (QED) is 0.673. The highest BCUT2D eigenvalue weighted by Gasteiger charge is 2.06. The maximum atomic E-state index is 11.5. The molecule has 1 heterocycles. The number of ketones is 1. The summed E-state index contributed by atoms with van der Waals surface area (Å²) in [6.45, 7) is 3.01. The Labute approximate surface area is 102 Å². The Hall–Kier alpha value is -2.09. The van der Waals surface area contributed by atoms with Crippen molar-refractivity contribution in [2.24, 2.45) is 0 Å². The molecule has 2 heteroatoms. The van der Waals surface area contributed by atoms with Gasteiger partial charge in [-0.1, -0.05) is 24.3 Å². The van der Waals surface area contributed by atoms with Gasteiger partial charge in [0.25, 0.3) is 0 Å². The third-order valence-electron chi connectivity index (χ3n) is 2.67. The molecule has 0 radical (unpaired) electrons. The van der Waals surface area contributed by atoms with Gasteiger partial charge in [0.1, 0.15) is 0 Å². The van der Waals surface area contributed by atoms with Crippen molar-refractivity contribution >= 4 is 5.78 Å². The molecule has 86 valence electrons. The van der Waals surface area contributed by atoms with Crippen molar-refractivity contribution in [3.05, 3.63) is 72.2 Å². The van der Waals surface area contributed by atoms with Crippen LogP contribution in [0.3, 0.4) is 0 Å². The number of hydrogen-bond acceptors (Lipinski definition) is 2. The SMILES string of the molecule is CCN1C=CC=C/C1=C/C=C1\C=CC=CC1=O. The molecular formula is C15H15NO. The van der Waals surface area contributed by atoms with Gasteiger partial charge >= 0.3 is 0 Å². The van der Waals surface area contributed by atoms with Crippen LogP contribution >= 0.6 is 0 Å². The van der Waals surface area contributed by atoms with E-state index in [1.165, 1.54) is 0 Å². The first kappa shape index (κ1) is 11.4. The first-order valence-corrected chi connectivity index (χ1v) is 5.74. The van der Waals surface area contributed by atoms with Gasteiger partial charge in [0.2, 0.25) is 0 Å². The minimum Gasteiger partial charge on any atom is -0.348 e. The van der Waals surface area contributed by atoms with Crippen LogP contribution in [-0.2, 0) is 4.79 Å². The molecule has 0 fully saturated rings. The lowest BCUT2D eigenvalue weighted by Crippen LogP contribution is -2.16. The van der Waals surface area contributed by atoms with Crippen LogP contribution in [0.2, 0.25) is 0 Å². The number of allylic oxidation sites excluding steroid dienone is 10. The van der Waals surface area contributed by atoms with Crippen LogP contribution in [-0.4, -0.2) is 17.2 Å². The minimum atomic E-state index is 0.0581. The Morgan fingerprint density at radius 3 is 2.59 bits per heavy atom. The number of likely N-dealkylation sites (N-methyl/N-ethyl adjacent to an activating group) is 1. The van der Waals surface area contributed by atoms with Gasteiger partial charge in [-0.2, -0.15) is 0 Å². The molecule has 0 aromatic heterocycles. The average Bonchev–Trinajstić information content (AvgIpc) is 2.38. The predicted molar refractivity (Wildman–Crippen MR) is 70.1 cm³/mol. The minimum absolute atomic E-state index is 0.0581. The van der Waals surface area contributed by atoms with E-state index in [0.29, 0.717) is 0 Å². The van der Waals surface area contributed by atoms with E-state index in [2.05, 4.69) is 11.8 Å². The maximum Gasteiger partial charge on any atom is 0.185 e. The molecule has 0 saturated heterocycles. The van der Waals surface area contributed by atoms with E-state index < -0.39 is 0 Å². The summed E-state index contributed by atoms with van der Waals surface area (Å²) in [7, 11) is 0. The second kappa shape index (κ2) is 5.30. The summed E-state index contributed by atoms with van der Waals surface area (Å²) in [5, 5.41) is 0. The summed E-state index contributed by atoms with van der Waals surface area (Å²) >= 11 is 0. The predicted octanol–water partition coefficient (Wildman–Crippen LogP) is 2.90. The molecule has 2 rings (SSSR count). The maximum absolute atomic E-state index is 11.5. The Morgan fingerprint density at radius 1 is 1.06 bits per heavy atom. The molecular weight excluding hydrogens is 210 g/mol. The standard InChI is InChI=1S/C15H15NO/c1-2-16-12-6-5-8-14(16)11-10-13-7-3-4-9-15(13)17/h3-12H,2H2,1H3/b13-10+,14-11-. The summed E-state index contributed by atoms with van der Waals surface area (Å²) in [5.74, 6) is 0.0581. The molecule has 0 bridgehead atoms. The molecule has 0 unspecified atom stereocenters. The highest BCUT2D eigenvalue weighted by molar-refractivity contribution is 6.07. The molecule has 2 nitrogen and oxygen atoms in total. The number of carbonyl (C=O) groups excluding carboxylic acids is 1. The highest BCUT2D eigenvalue weighted by atomic mass is 16.1.